The molecular weight excluding hydrogens is 292 g/mol. The number of benzene rings is 1. The molecule has 7 nitrogen and oxygen atoms in total. The van der Waals surface area contributed by atoms with Gasteiger partial charge in [-0.1, -0.05) is 18.2 Å². The van der Waals surface area contributed by atoms with Crippen molar-refractivity contribution in [2.75, 3.05) is 13.2 Å². The van der Waals surface area contributed by atoms with Crippen LogP contribution < -0.4 is 5.14 Å². The number of primary sulfonamides is 1. The van der Waals surface area contributed by atoms with Crippen molar-refractivity contribution in [3.05, 3.63) is 36.2 Å². The van der Waals surface area contributed by atoms with Crippen molar-refractivity contribution in [2.45, 2.75) is 23.9 Å². The van der Waals surface area contributed by atoms with Gasteiger partial charge >= 0.3 is 0 Å². The number of rotatable bonds is 3. The molecule has 0 atom stereocenters. The molecule has 1 aromatic heterocycles. The summed E-state index contributed by atoms with van der Waals surface area (Å²) in [6.07, 6.45) is 1.57. The van der Waals surface area contributed by atoms with Crippen LogP contribution in [0.5, 0.6) is 0 Å². The minimum absolute atomic E-state index is 0.113. The Morgan fingerprint density at radius 1 is 1.14 bits per heavy atom. The lowest BCUT2D eigenvalue weighted by atomic mass is 9.99. The fourth-order valence-electron chi connectivity index (χ4n) is 2.51. The summed E-state index contributed by atoms with van der Waals surface area (Å²) in [6.45, 7) is 1.27. The minimum Gasteiger partial charge on any atom is -0.381 e. The number of aromatic nitrogens is 3. The molecule has 1 aliphatic rings. The summed E-state index contributed by atoms with van der Waals surface area (Å²) in [4.78, 5) is 0. The number of nitrogens with two attached hydrogens (primary N) is 1. The van der Waals surface area contributed by atoms with Crippen LogP contribution in [0.25, 0.3) is 5.69 Å². The number of ether oxygens (including phenoxy) is 1. The zero-order valence-electron chi connectivity index (χ0n) is 11.3. The standard InChI is InChI=1S/C13H16N4O3S/c14-21(18,19)13-16-15-12(10-6-8-20-9-7-10)17(13)11-4-2-1-3-5-11/h1-5,10H,6-9H2,(H2,14,18,19). The quantitative estimate of drug-likeness (QED) is 0.904. The van der Waals surface area contributed by atoms with Gasteiger partial charge in [0.05, 0.1) is 0 Å². The van der Waals surface area contributed by atoms with Gasteiger partial charge in [-0.25, -0.2) is 13.6 Å². The molecule has 1 saturated heterocycles. The van der Waals surface area contributed by atoms with Gasteiger partial charge in [0.2, 0.25) is 0 Å². The Hall–Kier alpha value is -1.77. The topological polar surface area (TPSA) is 100 Å². The Bertz CT molecular complexity index is 721. The molecule has 0 aliphatic carbocycles. The van der Waals surface area contributed by atoms with Crippen molar-refractivity contribution in [1.82, 2.24) is 14.8 Å². The van der Waals surface area contributed by atoms with E-state index < -0.39 is 10.0 Å². The van der Waals surface area contributed by atoms with Crippen LogP contribution in [0.3, 0.4) is 0 Å². The maximum absolute atomic E-state index is 11.8. The molecule has 0 unspecified atom stereocenters. The SMILES string of the molecule is NS(=O)(=O)c1nnc(C2CCOCC2)n1-c1ccccc1. The molecule has 1 aromatic carbocycles. The maximum atomic E-state index is 11.8. The number of nitrogens with zero attached hydrogens (tertiary/aromatic N) is 3. The van der Waals surface area contributed by atoms with Crippen molar-refractivity contribution in [2.24, 2.45) is 5.14 Å². The molecule has 1 aliphatic heterocycles. The molecule has 2 N–H and O–H groups in total. The summed E-state index contributed by atoms with van der Waals surface area (Å²) in [5.41, 5.74) is 0.688. The molecule has 112 valence electrons. The van der Waals surface area contributed by atoms with Crippen LogP contribution in [-0.4, -0.2) is 36.4 Å². The van der Waals surface area contributed by atoms with Gasteiger partial charge < -0.3 is 4.74 Å². The first-order chi connectivity index (χ1) is 10.1. The summed E-state index contributed by atoms with van der Waals surface area (Å²) in [7, 11) is -3.94. The van der Waals surface area contributed by atoms with E-state index in [1.807, 2.05) is 18.2 Å². The van der Waals surface area contributed by atoms with Crippen molar-refractivity contribution >= 4 is 10.0 Å². The van der Waals surface area contributed by atoms with Gasteiger partial charge in [0, 0.05) is 24.8 Å². The Morgan fingerprint density at radius 2 is 1.81 bits per heavy atom. The summed E-state index contributed by atoms with van der Waals surface area (Å²) in [5, 5.41) is 12.9. The van der Waals surface area contributed by atoms with Crippen LogP contribution in [0.4, 0.5) is 0 Å². The predicted octanol–water partition coefficient (Wildman–Crippen LogP) is 0.809. The monoisotopic (exact) mass is 308 g/mol. The highest BCUT2D eigenvalue weighted by Crippen LogP contribution is 2.29. The molecule has 1 fully saturated rings. The van der Waals surface area contributed by atoms with Crippen LogP contribution in [0.1, 0.15) is 24.6 Å². The van der Waals surface area contributed by atoms with E-state index in [4.69, 9.17) is 9.88 Å². The normalized spacial score (nSPS) is 17.0. The summed E-state index contributed by atoms with van der Waals surface area (Å²) >= 11 is 0. The lowest BCUT2D eigenvalue weighted by Gasteiger charge is -2.22. The van der Waals surface area contributed by atoms with E-state index in [0.717, 1.165) is 12.8 Å². The van der Waals surface area contributed by atoms with Crippen LogP contribution in [0.15, 0.2) is 35.5 Å². The predicted molar refractivity (Wildman–Crippen MR) is 75.5 cm³/mol. The fourth-order valence-corrected chi connectivity index (χ4v) is 3.11. The molecule has 8 heteroatoms. The largest absolute Gasteiger partial charge is 0.381 e. The van der Waals surface area contributed by atoms with Crippen LogP contribution in [0.2, 0.25) is 0 Å². The highest BCUT2D eigenvalue weighted by atomic mass is 32.2. The molecular formula is C13H16N4O3S. The second-order valence-electron chi connectivity index (χ2n) is 4.94. The molecule has 0 bridgehead atoms. The molecule has 0 radical (unpaired) electrons. The number of hydrogen-bond donors (Lipinski definition) is 1. The Kier molecular flexibility index (Phi) is 3.75. The third-order valence-electron chi connectivity index (χ3n) is 3.51. The van der Waals surface area contributed by atoms with E-state index in [1.165, 1.54) is 4.57 Å². The van der Waals surface area contributed by atoms with E-state index in [2.05, 4.69) is 10.2 Å². The van der Waals surface area contributed by atoms with Gasteiger partial charge in [-0.15, -0.1) is 10.2 Å². The molecule has 0 saturated carbocycles. The molecule has 3 rings (SSSR count). The van der Waals surface area contributed by atoms with Crippen molar-refractivity contribution in [1.29, 1.82) is 0 Å². The molecule has 2 aromatic rings. The van der Waals surface area contributed by atoms with Gasteiger partial charge in [0.25, 0.3) is 15.2 Å². The second-order valence-corrected chi connectivity index (χ2v) is 6.40. The molecule has 0 amide bonds. The molecule has 21 heavy (non-hydrogen) atoms. The number of para-hydroxylation sites is 1. The highest BCUT2D eigenvalue weighted by Gasteiger charge is 2.28. The second kappa shape index (κ2) is 5.55. The van der Waals surface area contributed by atoms with Gasteiger partial charge in [-0.3, -0.25) is 4.57 Å². The molecule has 2 heterocycles. The Labute approximate surface area is 122 Å². The fraction of sp³-hybridized carbons (Fsp3) is 0.385. The average Bonchev–Trinajstić information content (AvgIpc) is 2.94. The van der Waals surface area contributed by atoms with Crippen LogP contribution in [-0.2, 0) is 14.8 Å². The smallest absolute Gasteiger partial charge is 0.274 e. The first kappa shape index (κ1) is 14.2. The zero-order chi connectivity index (χ0) is 14.9. The minimum atomic E-state index is -3.94. The third kappa shape index (κ3) is 2.82. The summed E-state index contributed by atoms with van der Waals surface area (Å²) in [5.74, 6) is 0.732. The first-order valence-corrected chi connectivity index (χ1v) is 8.23. The van der Waals surface area contributed by atoms with Gasteiger partial charge in [0.1, 0.15) is 5.82 Å². The molecule has 0 spiro atoms. The van der Waals surface area contributed by atoms with Crippen molar-refractivity contribution in [3.8, 4) is 5.69 Å². The lowest BCUT2D eigenvalue weighted by molar-refractivity contribution is 0.0831. The van der Waals surface area contributed by atoms with E-state index in [0.29, 0.717) is 24.7 Å². The third-order valence-corrected chi connectivity index (χ3v) is 4.29. The highest BCUT2D eigenvalue weighted by molar-refractivity contribution is 7.89. The van der Waals surface area contributed by atoms with E-state index in [-0.39, 0.29) is 11.1 Å². The van der Waals surface area contributed by atoms with Crippen molar-refractivity contribution < 1.29 is 13.2 Å². The van der Waals surface area contributed by atoms with E-state index in [9.17, 15) is 8.42 Å². The van der Waals surface area contributed by atoms with Gasteiger partial charge in [-0.05, 0) is 25.0 Å². The average molecular weight is 308 g/mol. The zero-order valence-corrected chi connectivity index (χ0v) is 12.2. The first-order valence-electron chi connectivity index (χ1n) is 6.68. The Balaban J connectivity index is 2.15. The van der Waals surface area contributed by atoms with Gasteiger partial charge in [0.15, 0.2) is 0 Å². The Morgan fingerprint density at radius 3 is 2.43 bits per heavy atom. The van der Waals surface area contributed by atoms with E-state index in [1.54, 1.807) is 12.1 Å². The van der Waals surface area contributed by atoms with Gasteiger partial charge in [-0.2, -0.15) is 0 Å². The van der Waals surface area contributed by atoms with Crippen LogP contribution in [0, 0.1) is 0 Å². The summed E-state index contributed by atoms with van der Waals surface area (Å²) < 4.78 is 30.4. The summed E-state index contributed by atoms with van der Waals surface area (Å²) in [6, 6.07) is 9.13. The number of hydrogen-bond acceptors (Lipinski definition) is 5. The van der Waals surface area contributed by atoms with Crippen molar-refractivity contribution in [3.63, 3.8) is 0 Å². The van der Waals surface area contributed by atoms with E-state index >= 15 is 0 Å². The lowest BCUT2D eigenvalue weighted by Crippen LogP contribution is -2.21. The van der Waals surface area contributed by atoms with Crippen LogP contribution >= 0.6 is 0 Å². The number of sulfonamides is 1. The maximum Gasteiger partial charge on any atom is 0.274 e.